The summed E-state index contributed by atoms with van der Waals surface area (Å²) in [6.45, 7) is -0.169. The summed E-state index contributed by atoms with van der Waals surface area (Å²) in [5, 5.41) is 0. The number of carbonyl (C=O) groups excluding carboxylic acids is 2. The third kappa shape index (κ3) is 2.69. The molecule has 0 atom stereocenters. The van der Waals surface area contributed by atoms with Crippen LogP contribution in [0.4, 0.5) is 10.1 Å². The van der Waals surface area contributed by atoms with Crippen LogP contribution in [0.15, 0.2) is 16.6 Å². The number of ketones is 1. The monoisotopic (exact) mass is 349 g/mol. The number of Topliss-reactive ketones (excluding diaryl/α,β-unsaturated/α-hetero) is 1. The van der Waals surface area contributed by atoms with Gasteiger partial charge in [-0.2, -0.15) is 0 Å². The number of halogens is 2. The molecule has 1 aliphatic rings. The van der Waals surface area contributed by atoms with Crippen molar-refractivity contribution in [3.8, 4) is 0 Å². The van der Waals surface area contributed by atoms with Crippen LogP contribution in [0.3, 0.4) is 0 Å². The van der Waals surface area contributed by atoms with Gasteiger partial charge in [0.15, 0.2) is 0 Å². The Morgan fingerprint density at radius 2 is 1.95 bits per heavy atom. The van der Waals surface area contributed by atoms with Crippen LogP contribution in [0.25, 0.3) is 0 Å². The summed E-state index contributed by atoms with van der Waals surface area (Å²) in [4.78, 5) is 24.5. The maximum atomic E-state index is 13.5. The zero-order valence-electron chi connectivity index (χ0n) is 9.81. The Kier molecular flexibility index (Phi) is 3.48. The predicted molar refractivity (Wildman–Crippen MR) is 70.5 cm³/mol. The Balaban J connectivity index is 2.41. The number of carbonyl (C=O) groups is 2. The van der Waals surface area contributed by atoms with Gasteiger partial charge in [0.1, 0.15) is 15.7 Å². The van der Waals surface area contributed by atoms with Crippen molar-refractivity contribution in [1.29, 1.82) is 0 Å². The van der Waals surface area contributed by atoms with Crippen molar-refractivity contribution in [3.63, 3.8) is 0 Å². The van der Waals surface area contributed by atoms with E-state index in [4.69, 9.17) is 0 Å². The van der Waals surface area contributed by atoms with Gasteiger partial charge in [0.25, 0.3) is 11.7 Å². The first-order valence-corrected chi connectivity index (χ1v) is 8.09. The van der Waals surface area contributed by atoms with Crippen LogP contribution in [0.5, 0.6) is 0 Å². The van der Waals surface area contributed by atoms with Crippen molar-refractivity contribution in [3.05, 3.63) is 28.0 Å². The van der Waals surface area contributed by atoms with Crippen molar-refractivity contribution in [1.82, 2.24) is 0 Å². The fourth-order valence-corrected chi connectivity index (χ4v) is 2.63. The van der Waals surface area contributed by atoms with Gasteiger partial charge >= 0.3 is 0 Å². The van der Waals surface area contributed by atoms with Crippen molar-refractivity contribution in [2.24, 2.45) is 0 Å². The fourth-order valence-electron chi connectivity index (χ4n) is 1.77. The first-order chi connectivity index (χ1) is 8.70. The molecule has 5 nitrogen and oxygen atoms in total. The van der Waals surface area contributed by atoms with Gasteiger partial charge in [-0.3, -0.25) is 9.59 Å². The smallest absolute Gasteiger partial charge is 0.299 e. The number of hydrogen-bond donors (Lipinski definition) is 0. The summed E-state index contributed by atoms with van der Waals surface area (Å²) in [6.07, 6.45) is 1.03. The molecule has 1 aromatic rings. The van der Waals surface area contributed by atoms with Gasteiger partial charge in [0.05, 0.1) is 21.5 Å². The topological polar surface area (TPSA) is 71.5 Å². The lowest BCUT2D eigenvalue weighted by Gasteiger charge is -2.15. The molecule has 2 rings (SSSR count). The summed E-state index contributed by atoms with van der Waals surface area (Å²) in [6, 6.07) is 2.27. The normalized spacial score (nSPS) is 15.0. The largest absolute Gasteiger partial charge is 0.304 e. The molecule has 102 valence electrons. The molecule has 1 heterocycles. The molecule has 0 unspecified atom stereocenters. The molecule has 1 amide bonds. The fraction of sp³-hybridized carbons (Fsp3) is 0.273. The highest BCUT2D eigenvalue weighted by atomic mass is 79.9. The maximum absolute atomic E-state index is 13.5. The van der Waals surface area contributed by atoms with Gasteiger partial charge in [0.2, 0.25) is 0 Å². The van der Waals surface area contributed by atoms with Crippen molar-refractivity contribution in [2.45, 2.75) is 0 Å². The lowest BCUT2D eigenvalue weighted by Crippen LogP contribution is -2.33. The van der Waals surface area contributed by atoms with Crippen LogP contribution in [-0.2, 0) is 14.6 Å². The molecule has 0 radical (unpaired) electrons. The first kappa shape index (κ1) is 14.1. The van der Waals surface area contributed by atoms with Gasteiger partial charge in [-0.15, -0.1) is 0 Å². The SMILES string of the molecule is CS(=O)(=O)CCN1C(=O)C(=O)c2cc(Br)c(F)cc21. The Morgan fingerprint density at radius 3 is 2.53 bits per heavy atom. The van der Waals surface area contributed by atoms with E-state index in [2.05, 4.69) is 15.9 Å². The van der Waals surface area contributed by atoms with Gasteiger partial charge < -0.3 is 4.90 Å². The minimum Gasteiger partial charge on any atom is -0.304 e. The molecule has 19 heavy (non-hydrogen) atoms. The summed E-state index contributed by atoms with van der Waals surface area (Å²) < 4.78 is 35.8. The molecule has 0 N–H and O–H groups in total. The summed E-state index contributed by atoms with van der Waals surface area (Å²) in [7, 11) is -3.28. The quantitative estimate of drug-likeness (QED) is 0.767. The second kappa shape index (κ2) is 4.68. The number of amides is 1. The van der Waals surface area contributed by atoms with E-state index in [1.807, 2.05) is 0 Å². The van der Waals surface area contributed by atoms with Crippen LogP contribution >= 0.6 is 15.9 Å². The third-order valence-corrected chi connectivity index (χ3v) is 4.23. The van der Waals surface area contributed by atoms with E-state index >= 15 is 0 Å². The number of anilines is 1. The maximum Gasteiger partial charge on any atom is 0.299 e. The van der Waals surface area contributed by atoms with Crippen LogP contribution in [0.1, 0.15) is 10.4 Å². The molecule has 0 aromatic heterocycles. The summed E-state index contributed by atoms with van der Waals surface area (Å²) >= 11 is 2.93. The molecule has 8 heteroatoms. The van der Waals surface area contributed by atoms with Gasteiger partial charge in [0, 0.05) is 12.8 Å². The zero-order chi connectivity index (χ0) is 14.4. The van der Waals surface area contributed by atoms with E-state index in [1.165, 1.54) is 6.07 Å². The Bertz CT molecular complexity index is 686. The Hall–Kier alpha value is -1.28. The molecule has 0 saturated carbocycles. The average molecular weight is 350 g/mol. The second-order valence-electron chi connectivity index (χ2n) is 4.20. The minimum atomic E-state index is -3.28. The molecular weight excluding hydrogens is 341 g/mol. The van der Waals surface area contributed by atoms with Crippen LogP contribution in [-0.4, -0.2) is 38.7 Å². The Morgan fingerprint density at radius 1 is 1.32 bits per heavy atom. The highest BCUT2D eigenvalue weighted by molar-refractivity contribution is 9.10. The highest BCUT2D eigenvalue weighted by Gasteiger charge is 2.36. The number of sulfone groups is 1. The van der Waals surface area contributed by atoms with Crippen LogP contribution in [0, 0.1) is 5.82 Å². The average Bonchev–Trinajstić information content (AvgIpc) is 2.51. The van der Waals surface area contributed by atoms with E-state index in [9.17, 15) is 22.4 Å². The van der Waals surface area contributed by atoms with Gasteiger partial charge in [-0.25, -0.2) is 12.8 Å². The van der Waals surface area contributed by atoms with Crippen LogP contribution in [0.2, 0.25) is 0 Å². The number of benzene rings is 1. The summed E-state index contributed by atoms with van der Waals surface area (Å²) in [5.41, 5.74) is 0.186. The number of nitrogens with zero attached hydrogens (tertiary/aromatic N) is 1. The van der Waals surface area contributed by atoms with Crippen LogP contribution < -0.4 is 4.90 Å². The minimum absolute atomic E-state index is 0.0757. The first-order valence-electron chi connectivity index (χ1n) is 5.23. The molecule has 1 aliphatic heterocycles. The summed E-state index contributed by atoms with van der Waals surface area (Å²) in [5.74, 6) is -2.51. The molecule has 0 fully saturated rings. The Labute approximate surface area is 117 Å². The van der Waals surface area contributed by atoms with Gasteiger partial charge in [-0.1, -0.05) is 0 Å². The number of hydrogen-bond acceptors (Lipinski definition) is 4. The number of rotatable bonds is 3. The van der Waals surface area contributed by atoms with Crippen molar-refractivity contribution in [2.75, 3.05) is 23.5 Å². The lowest BCUT2D eigenvalue weighted by atomic mass is 10.1. The predicted octanol–water partition coefficient (Wildman–Crippen LogP) is 1.16. The lowest BCUT2D eigenvalue weighted by molar-refractivity contribution is -0.114. The molecule has 1 aromatic carbocycles. The molecular formula is C11H9BrFNO4S. The van der Waals surface area contributed by atoms with E-state index in [-0.39, 0.29) is 28.0 Å². The molecule has 0 aliphatic carbocycles. The van der Waals surface area contributed by atoms with Crippen molar-refractivity contribution < 1.29 is 22.4 Å². The zero-order valence-corrected chi connectivity index (χ0v) is 12.2. The number of fused-ring (bicyclic) bond motifs is 1. The van der Waals surface area contributed by atoms with Crippen molar-refractivity contribution >= 4 is 43.1 Å². The standard InChI is InChI=1S/C11H9BrFNO4S/c1-19(17,18)3-2-14-9-5-8(13)7(12)4-6(9)10(15)11(14)16/h4-5H,2-3H2,1H3. The third-order valence-electron chi connectivity index (χ3n) is 2.70. The van der Waals surface area contributed by atoms with E-state index in [0.29, 0.717) is 0 Å². The highest BCUT2D eigenvalue weighted by Crippen LogP contribution is 2.33. The second-order valence-corrected chi connectivity index (χ2v) is 7.31. The van der Waals surface area contributed by atoms with E-state index in [1.54, 1.807) is 0 Å². The molecule has 0 bridgehead atoms. The van der Waals surface area contributed by atoms with E-state index < -0.39 is 27.3 Å². The van der Waals surface area contributed by atoms with E-state index in [0.717, 1.165) is 17.2 Å². The molecule has 0 spiro atoms. The van der Waals surface area contributed by atoms with Gasteiger partial charge in [-0.05, 0) is 28.1 Å². The molecule has 0 saturated heterocycles.